The van der Waals surface area contributed by atoms with Crippen LogP contribution in [0.3, 0.4) is 0 Å². The molecular weight excluding hydrogens is 428 g/mol. The minimum Gasteiger partial charge on any atom is -0.352 e. The first kappa shape index (κ1) is 26.6. The van der Waals surface area contributed by atoms with E-state index in [1.807, 2.05) is 32.9 Å². The Balaban J connectivity index is 2.94. The first-order valence-electron chi connectivity index (χ1n) is 10.2. The third-order valence-corrected chi connectivity index (χ3v) is 6.84. The molecule has 0 aliphatic rings. The van der Waals surface area contributed by atoms with E-state index in [1.54, 1.807) is 0 Å². The summed E-state index contributed by atoms with van der Waals surface area (Å²) in [5.41, 5.74) is 0.595. The van der Waals surface area contributed by atoms with Crippen molar-refractivity contribution in [2.45, 2.75) is 55.7 Å². The fraction of sp³-hybridized carbons (Fsp3) is 0.650. The molecule has 0 radical (unpaired) electrons. The minimum atomic E-state index is -0.0887. The fourth-order valence-corrected chi connectivity index (χ4v) is 4.62. The number of rotatable bonds is 16. The molecule has 0 fully saturated rings. The molecule has 6 nitrogen and oxygen atoms in total. The number of amides is 1. The van der Waals surface area contributed by atoms with Crippen LogP contribution >= 0.6 is 36.1 Å². The number of nitrogens with zero attached hydrogens (tertiary/aromatic N) is 1. The van der Waals surface area contributed by atoms with Gasteiger partial charge in [0.25, 0.3) is 5.91 Å². The normalized spacial score (nSPS) is 11.2. The maximum Gasteiger partial charge on any atom is 0.251 e. The van der Waals surface area contributed by atoms with Crippen molar-refractivity contribution in [1.82, 2.24) is 10.2 Å². The zero-order chi connectivity index (χ0) is 21.5. The monoisotopic (exact) mass is 462 g/mol. The Morgan fingerprint density at radius 2 is 1.41 bits per heavy atom. The molecule has 0 unspecified atom stereocenters. The lowest BCUT2D eigenvalue weighted by atomic mass is 10.2. The molecule has 9 heteroatoms. The highest BCUT2D eigenvalue weighted by molar-refractivity contribution is 7.99. The van der Waals surface area contributed by atoms with E-state index < -0.39 is 0 Å². The molecule has 1 amide bonds. The molecule has 0 spiro atoms. The Kier molecular flexibility index (Phi) is 15.0. The lowest BCUT2D eigenvalue weighted by molar-refractivity contribution is 0.0951. The fourth-order valence-electron chi connectivity index (χ4n) is 2.42. The number of carbonyl (C=O) groups is 1. The van der Waals surface area contributed by atoms with Crippen molar-refractivity contribution in [2.24, 2.45) is 0 Å². The van der Waals surface area contributed by atoms with E-state index in [4.69, 9.17) is 12.5 Å². The number of hydrogen-bond donors (Lipinski definition) is 1. The topological polar surface area (TPSA) is 60.0 Å². The predicted molar refractivity (Wildman–Crippen MR) is 124 cm³/mol. The van der Waals surface area contributed by atoms with Crippen LogP contribution in [0, 0.1) is 0 Å². The predicted octanol–water partition coefficient (Wildman–Crippen LogP) is 5.28. The molecule has 0 heterocycles. The van der Waals surface area contributed by atoms with Crippen molar-refractivity contribution in [2.75, 3.05) is 46.0 Å². The van der Waals surface area contributed by atoms with E-state index in [2.05, 4.69) is 24.1 Å². The molecule has 166 valence electrons. The molecule has 0 aliphatic carbocycles. The molecule has 0 bridgehead atoms. The molecule has 0 atom stereocenters. The summed E-state index contributed by atoms with van der Waals surface area (Å²) >= 11 is 3.80. The third kappa shape index (κ3) is 9.95. The summed E-state index contributed by atoms with van der Waals surface area (Å²) < 4.78 is 16.6. The average molecular weight is 463 g/mol. The van der Waals surface area contributed by atoms with Gasteiger partial charge >= 0.3 is 0 Å². The van der Waals surface area contributed by atoms with Gasteiger partial charge in [-0.05, 0) is 59.0 Å². The standard InChI is InChI=1S/C20H34N2O4S3/c1-6-22(7-2)13-11-12-21-20(23)16-14-17(27-24-8-3)19(29-26-10-5)18(15-16)28-25-9-4/h14-15H,6-13H2,1-5H3,(H,21,23). The molecule has 0 aliphatic heterocycles. The van der Waals surface area contributed by atoms with Crippen molar-refractivity contribution in [3.05, 3.63) is 17.7 Å². The second kappa shape index (κ2) is 16.3. The van der Waals surface area contributed by atoms with E-state index in [0.29, 0.717) is 31.9 Å². The van der Waals surface area contributed by atoms with Crippen LogP contribution < -0.4 is 5.32 Å². The highest BCUT2D eigenvalue weighted by Crippen LogP contribution is 2.40. The Morgan fingerprint density at radius 1 is 0.897 bits per heavy atom. The largest absolute Gasteiger partial charge is 0.352 e. The van der Waals surface area contributed by atoms with Gasteiger partial charge in [0.2, 0.25) is 0 Å². The third-order valence-electron chi connectivity index (χ3n) is 3.91. The van der Waals surface area contributed by atoms with Crippen LogP contribution in [0.25, 0.3) is 0 Å². The number of hydrogen-bond acceptors (Lipinski definition) is 8. The quantitative estimate of drug-likeness (QED) is 0.263. The van der Waals surface area contributed by atoms with Crippen molar-refractivity contribution < 1.29 is 17.3 Å². The smallest absolute Gasteiger partial charge is 0.251 e. The van der Waals surface area contributed by atoms with Gasteiger partial charge in [0.1, 0.15) is 0 Å². The van der Waals surface area contributed by atoms with Gasteiger partial charge < -0.3 is 22.8 Å². The summed E-state index contributed by atoms with van der Waals surface area (Å²) in [4.78, 5) is 17.7. The molecule has 1 N–H and O–H groups in total. The Bertz CT molecular complexity index is 572. The van der Waals surface area contributed by atoms with Crippen LogP contribution in [-0.2, 0) is 12.5 Å². The van der Waals surface area contributed by atoms with Crippen LogP contribution in [0.4, 0.5) is 0 Å². The van der Waals surface area contributed by atoms with Crippen molar-refractivity contribution in [3.8, 4) is 0 Å². The number of carbonyl (C=O) groups excluding carboxylic acids is 1. The van der Waals surface area contributed by atoms with Gasteiger partial charge in [0.05, 0.1) is 34.5 Å². The van der Waals surface area contributed by atoms with Gasteiger partial charge in [-0.25, -0.2) is 0 Å². The highest BCUT2D eigenvalue weighted by atomic mass is 32.2. The molecule has 0 saturated heterocycles. The van der Waals surface area contributed by atoms with E-state index >= 15 is 0 Å². The van der Waals surface area contributed by atoms with E-state index in [0.717, 1.165) is 40.7 Å². The van der Waals surface area contributed by atoms with Gasteiger partial charge in [-0.3, -0.25) is 4.79 Å². The highest BCUT2D eigenvalue weighted by Gasteiger charge is 2.18. The number of nitrogens with one attached hydrogen (secondary N) is 1. The zero-order valence-corrected chi connectivity index (χ0v) is 20.6. The van der Waals surface area contributed by atoms with Crippen LogP contribution in [0.2, 0.25) is 0 Å². The zero-order valence-electron chi connectivity index (χ0n) is 18.1. The Labute approximate surface area is 188 Å². The molecule has 1 aromatic carbocycles. The Hall–Kier alpha value is -0.420. The van der Waals surface area contributed by atoms with Gasteiger partial charge in [-0.2, -0.15) is 0 Å². The average Bonchev–Trinajstić information content (AvgIpc) is 2.74. The van der Waals surface area contributed by atoms with Gasteiger partial charge in [-0.1, -0.05) is 13.8 Å². The van der Waals surface area contributed by atoms with Gasteiger partial charge in [0, 0.05) is 48.2 Å². The van der Waals surface area contributed by atoms with Crippen molar-refractivity contribution >= 4 is 42.0 Å². The lowest BCUT2D eigenvalue weighted by Crippen LogP contribution is -2.30. The summed E-state index contributed by atoms with van der Waals surface area (Å²) in [7, 11) is 0. The summed E-state index contributed by atoms with van der Waals surface area (Å²) in [5.74, 6) is -0.0887. The second-order valence-corrected chi connectivity index (χ2v) is 8.40. The summed E-state index contributed by atoms with van der Waals surface area (Å²) in [5, 5.41) is 3.03. The van der Waals surface area contributed by atoms with Crippen LogP contribution in [0.1, 0.15) is 51.4 Å². The first-order valence-corrected chi connectivity index (χ1v) is 12.4. The van der Waals surface area contributed by atoms with Crippen LogP contribution in [-0.4, -0.2) is 56.8 Å². The van der Waals surface area contributed by atoms with Crippen LogP contribution in [0.5, 0.6) is 0 Å². The summed E-state index contributed by atoms with van der Waals surface area (Å²) in [6.45, 7) is 15.5. The van der Waals surface area contributed by atoms with Gasteiger partial charge in [0.15, 0.2) is 0 Å². The SMILES string of the molecule is CCOSc1cc(C(=O)NCCCN(CC)CC)cc(SOCC)c1SOCC. The van der Waals surface area contributed by atoms with Crippen molar-refractivity contribution in [3.63, 3.8) is 0 Å². The maximum absolute atomic E-state index is 12.7. The summed E-state index contributed by atoms with van der Waals surface area (Å²) in [6, 6.07) is 3.72. The number of benzene rings is 1. The molecule has 1 rings (SSSR count). The first-order chi connectivity index (χ1) is 14.1. The molecule has 0 aromatic heterocycles. The van der Waals surface area contributed by atoms with E-state index in [1.165, 1.54) is 36.1 Å². The molecular formula is C20H34N2O4S3. The van der Waals surface area contributed by atoms with Crippen molar-refractivity contribution in [1.29, 1.82) is 0 Å². The van der Waals surface area contributed by atoms with E-state index in [9.17, 15) is 4.79 Å². The Morgan fingerprint density at radius 3 is 1.90 bits per heavy atom. The molecule has 0 saturated carbocycles. The second-order valence-electron chi connectivity index (χ2n) is 5.91. The molecule has 29 heavy (non-hydrogen) atoms. The minimum absolute atomic E-state index is 0.0887. The molecule has 1 aromatic rings. The van der Waals surface area contributed by atoms with Gasteiger partial charge in [-0.15, -0.1) is 0 Å². The lowest BCUT2D eigenvalue weighted by Gasteiger charge is -2.18. The summed E-state index contributed by atoms with van der Waals surface area (Å²) in [6.07, 6.45) is 0.923. The van der Waals surface area contributed by atoms with Crippen LogP contribution in [0.15, 0.2) is 26.8 Å². The maximum atomic E-state index is 12.7. The van der Waals surface area contributed by atoms with E-state index in [-0.39, 0.29) is 5.91 Å².